The summed E-state index contributed by atoms with van der Waals surface area (Å²) in [7, 11) is 0. The van der Waals surface area contributed by atoms with Gasteiger partial charge in [0.15, 0.2) is 11.5 Å². The SMILES string of the molecule is CC1(C)Oc2ccc(NC(=O)[C@@H]3CCCN3)cc2O1. The molecule has 2 heterocycles. The second kappa shape index (κ2) is 4.42. The average molecular weight is 262 g/mol. The van der Waals surface area contributed by atoms with Gasteiger partial charge in [0.1, 0.15) is 0 Å². The van der Waals surface area contributed by atoms with E-state index in [1.807, 2.05) is 26.0 Å². The molecule has 0 bridgehead atoms. The van der Waals surface area contributed by atoms with Gasteiger partial charge in [-0.1, -0.05) is 0 Å². The highest BCUT2D eigenvalue weighted by Crippen LogP contribution is 2.40. The van der Waals surface area contributed by atoms with Crippen molar-refractivity contribution in [3.8, 4) is 11.5 Å². The van der Waals surface area contributed by atoms with Crippen LogP contribution in [0.5, 0.6) is 11.5 Å². The first-order valence-electron chi connectivity index (χ1n) is 6.60. The molecule has 2 aliphatic heterocycles. The third-order valence-electron chi connectivity index (χ3n) is 3.30. The molecule has 3 rings (SSSR count). The van der Waals surface area contributed by atoms with E-state index in [9.17, 15) is 4.79 Å². The molecule has 1 aromatic rings. The number of benzene rings is 1. The summed E-state index contributed by atoms with van der Waals surface area (Å²) in [4.78, 5) is 12.0. The van der Waals surface area contributed by atoms with Crippen molar-refractivity contribution in [1.82, 2.24) is 5.32 Å². The zero-order chi connectivity index (χ0) is 13.5. The first kappa shape index (κ1) is 12.3. The Kier molecular flexibility index (Phi) is 2.86. The van der Waals surface area contributed by atoms with Gasteiger partial charge < -0.3 is 20.1 Å². The Labute approximate surface area is 112 Å². The van der Waals surface area contributed by atoms with E-state index in [1.54, 1.807) is 6.07 Å². The monoisotopic (exact) mass is 262 g/mol. The predicted octanol–water partition coefficient (Wildman–Crippen LogP) is 1.88. The van der Waals surface area contributed by atoms with Crippen LogP contribution in [0.2, 0.25) is 0 Å². The van der Waals surface area contributed by atoms with Gasteiger partial charge in [-0.05, 0) is 31.5 Å². The lowest BCUT2D eigenvalue weighted by atomic mass is 10.2. The molecule has 0 unspecified atom stereocenters. The molecule has 1 atom stereocenters. The van der Waals surface area contributed by atoms with Crippen LogP contribution in [0.15, 0.2) is 18.2 Å². The van der Waals surface area contributed by atoms with Gasteiger partial charge in [0.2, 0.25) is 11.7 Å². The standard InChI is InChI=1S/C14H18N2O3/c1-14(2)18-11-6-5-9(8-12(11)19-14)16-13(17)10-4-3-7-15-10/h5-6,8,10,15H,3-4,7H2,1-2H3,(H,16,17)/t10-/m0/s1. The Bertz CT molecular complexity index is 507. The van der Waals surface area contributed by atoms with E-state index in [-0.39, 0.29) is 11.9 Å². The van der Waals surface area contributed by atoms with Gasteiger partial charge in [-0.25, -0.2) is 0 Å². The number of amides is 1. The summed E-state index contributed by atoms with van der Waals surface area (Å²) in [5.41, 5.74) is 0.735. The highest BCUT2D eigenvalue weighted by molar-refractivity contribution is 5.95. The minimum absolute atomic E-state index is 0.00984. The molecule has 2 aliphatic rings. The Morgan fingerprint density at radius 1 is 1.37 bits per heavy atom. The molecule has 5 heteroatoms. The molecule has 0 aromatic heterocycles. The van der Waals surface area contributed by atoms with Gasteiger partial charge >= 0.3 is 0 Å². The molecular weight excluding hydrogens is 244 g/mol. The van der Waals surface area contributed by atoms with Crippen LogP contribution in [-0.4, -0.2) is 24.3 Å². The third-order valence-corrected chi connectivity index (χ3v) is 3.30. The van der Waals surface area contributed by atoms with Gasteiger partial charge in [0, 0.05) is 25.6 Å². The molecule has 0 aliphatic carbocycles. The molecule has 19 heavy (non-hydrogen) atoms. The number of carbonyl (C=O) groups excluding carboxylic acids is 1. The van der Waals surface area contributed by atoms with E-state index in [2.05, 4.69) is 10.6 Å². The number of fused-ring (bicyclic) bond motifs is 1. The van der Waals surface area contributed by atoms with Gasteiger partial charge in [0.25, 0.3) is 0 Å². The van der Waals surface area contributed by atoms with E-state index in [0.29, 0.717) is 11.5 Å². The summed E-state index contributed by atoms with van der Waals surface area (Å²) in [6.07, 6.45) is 1.94. The van der Waals surface area contributed by atoms with Crippen LogP contribution in [0, 0.1) is 0 Å². The minimum Gasteiger partial charge on any atom is -0.449 e. The molecule has 1 amide bonds. The minimum atomic E-state index is -0.641. The Hall–Kier alpha value is -1.75. The van der Waals surface area contributed by atoms with Crippen molar-refractivity contribution < 1.29 is 14.3 Å². The second-order valence-electron chi connectivity index (χ2n) is 5.40. The largest absolute Gasteiger partial charge is 0.449 e. The number of ether oxygens (including phenoxy) is 2. The Balaban J connectivity index is 1.71. The molecule has 1 saturated heterocycles. The summed E-state index contributed by atoms with van der Waals surface area (Å²) in [6.45, 7) is 4.62. The van der Waals surface area contributed by atoms with Crippen LogP contribution in [-0.2, 0) is 4.79 Å². The first-order chi connectivity index (χ1) is 9.03. The normalized spacial score (nSPS) is 23.4. The van der Waals surface area contributed by atoms with Crippen molar-refractivity contribution in [2.24, 2.45) is 0 Å². The summed E-state index contributed by atoms with van der Waals surface area (Å²) >= 11 is 0. The maximum Gasteiger partial charge on any atom is 0.246 e. The molecule has 1 fully saturated rings. The van der Waals surface area contributed by atoms with E-state index >= 15 is 0 Å². The maximum atomic E-state index is 12.0. The fourth-order valence-corrected chi connectivity index (χ4v) is 2.44. The highest BCUT2D eigenvalue weighted by Gasteiger charge is 2.32. The molecule has 0 saturated carbocycles. The van der Waals surface area contributed by atoms with E-state index in [4.69, 9.17) is 9.47 Å². The quantitative estimate of drug-likeness (QED) is 0.854. The topological polar surface area (TPSA) is 59.6 Å². The lowest BCUT2D eigenvalue weighted by Crippen LogP contribution is -2.35. The molecular formula is C14H18N2O3. The molecule has 2 N–H and O–H groups in total. The van der Waals surface area contributed by atoms with Crippen molar-refractivity contribution >= 4 is 11.6 Å². The van der Waals surface area contributed by atoms with Gasteiger partial charge in [-0.3, -0.25) is 4.79 Å². The highest BCUT2D eigenvalue weighted by atomic mass is 16.7. The number of rotatable bonds is 2. The molecule has 102 valence electrons. The Morgan fingerprint density at radius 2 is 2.16 bits per heavy atom. The Morgan fingerprint density at radius 3 is 2.89 bits per heavy atom. The zero-order valence-electron chi connectivity index (χ0n) is 11.2. The zero-order valence-corrected chi connectivity index (χ0v) is 11.2. The molecule has 0 spiro atoms. The number of anilines is 1. The average Bonchev–Trinajstić information content (AvgIpc) is 2.93. The van der Waals surface area contributed by atoms with Crippen molar-refractivity contribution in [1.29, 1.82) is 0 Å². The van der Waals surface area contributed by atoms with E-state index < -0.39 is 5.79 Å². The van der Waals surface area contributed by atoms with Crippen LogP contribution in [0.3, 0.4) is 0 Å². The van der Waals surface area contributed by atoms with Crippen LogP contribution >= 0.6 is 0 Å². The van der Waals surface area contributed by atoms with Gasteiger partial charge in [-0.2, -0.15) is 0 Å². The van der Waals surface area contributed by atoms with Gasteiger partial charge in [0.05, 0.1) is 6.04 Å². The fourth-order valence-electron chi connectivity index (χ4n) is 2.44. The lowest BCUT2D eigenvalue weighted by molar-refractivity contribution is -0.117. The van der Waals surface area contributed by atoms with Crippen molar-refractivity contribution in [3.05, 3.63) is 18.2 Å². The first-order valence-corrected chi connectivity index (χ1v) is 6.60. The van der Waals surface area contributed by atoms with Crippen LogP contribution in [0.1, 0.15) is 26.7 Å². The number of hydrogen-bond acceptors (Lipinski definition) is 4. The predicted molar refractivity (Wildman–Crippen MR) is 71.4 cm³/mol. The van der Waals surface area contributed by atoms with Crippen molar-refractivity contribution in [2.45, 2.75) is 38.5 Å². The lowest BCUT2D eigenvalue weighted by Gasteiger charge is -2.16. The van der Waals surface area contributed by atoms with Crippen molar-refractivity contribution in [3.63, 3.8) is 0 Å². The summed E-state index contributed by atoms with van der Waals surface area (Å²) < 4.78 is 11.3. The number of nitrogens with one attached hydrogen (secondary N) is 2. The van der Waals surface area contributed by atoms with Crippen LogP contribution in [0.4, 0.5) is 5.69 Å². The molecule has 5 nitrogen and oxygen atoms in total. The molecule has 1 aromatic carbocycles. The van der Waals surface area contributed by atoms with Gasteiger partial charge in [-0.15, -0.1) is 0 Å². The van der Waals surface area contributed by atoms with Crippen molar-refractivity contribution in [2.75, 3.05) is 11.9 Å². The third kappa shape index (κ3) is 2.51. The van der Waals surface area contributed by atoms with E-state index in [0.717, 1.165) is 25.1 Å². The maximum absolute atomic E-state index is 12.0. The number of carbonyl (C=O) groups is 1. The van der Waals surface area contributed by atoms with E-state index in [1.165, 1.54) is 0 Å². The summed E-state index contributed by atoms with van der Waals surface area (Å²) in [5, 5.41) is 6.08. The smallest absolute Gasteiger partial charge is 0.246 e. The fraction of sp³-hybridized carbons (Fsp3) is 0.500. The summed E-state index contributed by atoms with van der Waals surface area (Å²) in [6, 6.07) is 5.37. The number of hydrogen-bond donors (Lipinski definition) is 2. The van der Waals surface area contributed by atoms with Crippen LogP contribution in [0.25, 0.3) is 0 Å². The second-order valence-corrected chi connectivity index (χ2v) is 5.40. The molecule has 0 radical (unpaired) electrons. The van der Waals surface area contributed by atoms with Crippen LogP contribution < -0.4 is 20.1 Å². The summed E-state index contributed by atoms with van der Waals surface area (Å²) in [5.74, 6) is 0.748.